The molecule has 0 aliphatic carbocycles. The molecule has 146 valence electrons. The summed E-state index contributed by atoms with van der Waals surface area (Å²) >= 11 is 2.20. The quantitative estimate of drug-likeness (QED) is 0.229. The van der Waals surface area contributed by atoms with E-state index >= 15 is 0 Å². The van der Waals surface area contributed by atoms with Crippen LogP contribution in [-0.4, -0.2) is 26.5 Å². The SMILES string of the molecule is [2H]N(C)c1ccc(Nc2ncc(I)c(-c3cn(C)c4ccccc34)n2)cc1[N+](=O)[O-]. The lowest BCUT2D eigenvalue weighted by Gasteiger charge is -2.09. The molecule has 0 saturated heterocycles. The first-order chi connectivity index (χ1) is 14.3. The Kier molecular flexibility index (Phi) is 4.72. The van der Waals surface area contributed by atoms with Gasteiger partial charge < -0.3 is 15.2 Å². The van der Waals surface area contributed by atoms with Crippen molar-refractivity contribution in [1.29, 1.82) is 0 Å². The third-order valence-corrected chi connectivity index (χ3v) is 5.35. The van der Waals surface area contributed by atoms with Gasteiger partial charge in [-0.15, -0.1) is 0 Å². The third-order valence-electron chi connectivity index (χ3n) is 4.57. The van der Waals surface area contributed by atoms with Crippen LogP contribution in [-0.2, 0) is 7.05 Å². The Morgan fingerprint density at radius 2 is 2.07 bits per heavy atom. The van der Waals surface area contributed by atoms with Crippen molar-refractivity contribution in [2.75, 3.05) is 17.7 Å². The molecule has 2 heterocycles. The van der Waals surface area contributed by atoms with Crippen LogP contribution in [0.3, 0.4) is 0 Å². The molecule has 0 aliphatic rings. The number of para-hydroxylation sites is 1. The van der Waals surface area contributed by atoms with Crippen molar-refractivity contribution in [2.45, 2.75) is 0 Å². The Morgan fingerprint density at radius 1 is 1.28 bits per heavy atom. The molecule has 0 bridgehead atoms. The number of nitrogens with zero attached hydrogens (tertiary/aromatic N) is 4. The minimum atomic E-state index is -0.512. The maximum atomic E-state index is 11.4. The van der Waals surface area contributed by atoms with Crippen LogP contribution in [0.25, 0.3) is 22.2 Å². The van der Waals surface area contributed by atoms with Gasteiger partial charge >= 0.3 is 0 Å². The summed E-state index contributed by atoms with van der Waals surface area (Å²) in [6, 6.07) is 12.6. The molecule has 0 atom stereocenters. The molecule has 0 unspecified atom stereocenters. The largest absolute Gasteiger partial charge is 0.383 e. The van der Waals surface area contributed by atoms with E-state index in [0.29, 0.717) is 11.6 Å². The second kappa shape index (κ2) is 7.66. The minimum absolute atomic E-state index is 0.169. The summed E-state index contributed by atoms with van der Waals surface area (Å²) in [5, 5.41) is 16.5. The first-order valence-corrected chi connectivity index (χ1v) is 9.78. The lowest BCUT2D eigenvalue weighted by atomic mass is 10.1. The smallest absolute Gasteiger partial charge is 0.294 e. The third kappa shape index (κ3) is 3.60. The fourth-order valence-corrected chi connectivity index (χ4v) is 3.76. The van der Waals surface area contributed by atoms with E-state index in [1.165, 1.54) is 19.2 Å². The Bertz CT molecular complexity index is 1270. The Morgan fingerprint density at radius 3 is 2.83 bits per heavy atom. The van der Waals surface area contributed by atoms with E-state index in [4.69, 9.17) is 1.41 Å². The topological polar surface area (TPSA) is 97.9 Å². The van der Waals surface area contributed by atoms with E-state index in [1.807, 2.05) is 25.4 Å². The zero-order chi connectivity index (χ0) is 21.4. The van der Waals surface area contributed by atoms with Crippen LogP contribution in [0.1, 0.15) is 0 Å². The van der Waals surface area contributed by atoms with Gasteiger partial charge in [-0.3, -0.25) is 10.1 Å². The summed E-state index contributed by atoms with van der Waals surface area (Å²) in [6.07, 6.45) is 3.75. The number of fused-ring (bicyclic) bond motifs is 1. The molecule has 4 rings (SSSR count). The average molecular weight is 501 g/mol. The summed E-state index contributed by atoms with van der Waals surface area (Å²) in [5.74, 6) is 0.333. The number of aromatic nitrogens is 3. The monoisotopic (exact) mass is 501 g/mol. The number of halogens is 1. The van der Waals surface area contributed by atoms with Crippen LogP contribution in [0, 0.1) is 13.7 Å². The number of benzene rings is 2. The molecule has 0 saturated carbocycles. The van der Waals surface area contributed by atoms with Gasteiger partial charge in [0.2, 0.25) is 5.95 Å². The van der Waals surface area contributed by atoms with Gasteiger partial charge in [-0.2, -0.15) is 0 Å². The molecule has 0 radical (unpaired) electrons. The fourth-order valence-electron chi connectivity index (χ4n) is 3.21. The van der Waals surface area contributed by atoms with E-state index in [9.17, 15) is 10.1 Å². The zero-order valence-electron chi connectivity index (χ0n) is 16.6. The van der Waals surface area contributed by atoms with E-state index in [2.05, 4.69) is 54.6 Å². The second-order valence-electron chi connectivity index (χ2n) is 6.37. The van der Waals surface area contributed by atoms with Crippen molar-refractivity contribution in [3.8, 4) is 11.3 Å². The number of hydrogen-bond donors (Lipinski definition) is 2. The first kappa shape index (κ1) is 17.9. The summed E-state index contributed by atoms with van der Waals surface area (Å²) in [5.41, 5.74) is 3.37. The standard InChI is InChI=1S/C20H17IN6O2/c1-22-16-8-7-12(9-18(16)27(28)29)24-20-23-10-15(21)19(25-20)14-11-26(2)17-6-4-3-5-13(14)17/h3-11,22H,1-2H3,(H,23,24,25)/i/hD. The number of rotatable bonds is 5. The molecule has 2 aromatic heterocycles. The van der Waals surface area contributed by atoms with Gasteiger partial charge in [0.1, 0.15) is 5.69 Å². The highest BCUT2D eigenvalue weighted by Gasteiger charge is 2.16. The molecule has 0 aliphatic heterocycles. The number of hydrogen-bond acceptors (Lipinski definition) is 6. The molecular formula is C20H17IN6O2. The highest BCUT2D eigenvalue weighted by atomic mass is 127. The van der Waals surface area contributed by atoms with Gasteiger partial charge in [0, 0.05) is 54.7 Å². The molecule has 9 heteroatoms. The average Bonchev–Trinajstić information content (AvgIpc) is 3.06. The van der Waals surface area contributed by atoms with Gasteiger partial charge in [0.25, 0.3) is 5.69 Å². The zero-order valence-corrected chi connectivity index (χ0v) is 17.8. The molecule has 29 heavy (non-hydrogen) atoms. The summed E-state index contributed by atoms with van der Waals surface area (Å²) in [4.78, 5) is 19.9. The predicted octanol–water partition coefficient (Wildman–Crippen LogP) is 4.93. The summed E-state index contributed by atoms with van der Waals surface area (Å²) in [7, 11) is 3.43. The van der Waals surface area contributed by atoms with Gasteiger partial charge in [-0.25, -0.2) is 9.97 Å². The van der Waals surface area contributed by atoms with Crippen molar-refractivity contribution in [3.63, 3.8) is 0 Å². The maximum absolute atomic E-state index is 11.4. The molecule has 2 N–H and O–H groups in total. The predicted molar refractivity (Wildman–Crippen MR) is 123 cm³/mol. The van der Waals surface area contributed by atoms with E-state index in [0.717, 1.165) is 31.0 Å². The molecule has 0 amide bonds. The Balaban J connectivity index is 1.74. The lowest BCUT2D eigenvalue weighted by molar-refractivity contribution is -0.383. The normalized spacial score (nSPS) is 11.3. The number of nitrogens with one attached hydrogen (secondary N) is 2. The van der Waals surface area contributed by atoms with E-state index in [-0.39, 0.29) is 11.4 Å². The molecule has 4 aromatic rings. The van der Waals surface area contributed by atoms with Crippen LogP contribution in [0.4, 0.5) is 23.0 Å². The summed E-state index contributed by atoms with van der Waals surface area (Å²) in [6.45, 7) is 0. The highest BCUT2D eigenvalue weighted by Crippen LogP contribution is 2.33. The van der Waals surface area contributed by atoms with E-state index in [1.54, 1.807) is 12.3 Å². The van der Waals surface area contributed by atoms with Gasteiger partial charge in [0.05, 0.1) is 14.2 Å². The Hall–Kier alpha value is -3.21. The number of anilines is 3. The maximum Gasteiger partial charge on any atom is 0.294 e. The van der Waals surface area contributed by atoms with Gasteiger partial charge in [-0.05, 0) is 40.8 Å². The second-order valence-corrected chi connectivity index (χ2v) is 7.53. The van der Waals surface area contributed by atoms with Crippen LogP contribution in [0.5, 0.6) is 0 Å². The molecule has 8 nitrogen and oxygen atoms in total. The van der Waals surface area contributed by atoms with Crippen LogP contribution in [0.15, 0.2) is 54.9 Å². The van der Waals surface area contributed by atoms with Crippen molar-refractivity contribution in [3.05, 3.63) is 68.5 Å². The van der Waals surface area contributed by atoms with Crippen LogP contribution < -0.4 is 10.6 Å². The van der Waals surface area contributed by atoms with Crippen molar-refractivity contribution in [2.24, 2.45) is 7.05 Å². The van der Waals surface area contributed by atoms with E-state index < -0.39 is 4.92 Å². The highest BCUT2D eigenvalue weighted by molar-refractivity contribution is 14.1. The van der Waals surface area contributed by atoms with Crippen molar-refractivity contribution in [1.82, 2.24) is 14.5 Å². The molecular weight excluding hydrogens is 483 g/mol. The van der Waals surface area contributed by atoms with Crippen LogP contribution in [0.2, 0.25) is 1.41 Å². The number of nitro groups is 1. The lowest BCUT2D eigenvalue weighted by Crippen LogP contribution is -2.02. The number of nitro benzene ring substituents is 1. The Labute approximate surface area is 181 Å². The minimum Gasteiger partial charge on any atom is -0.383 e. The fraction of sp³-hybridized carbons (Fsp3) is 0.100. The van der Waals surface area contributed by atoms with Crippen molar-refractivity contribution < 1.29 is 6.34 Å². The first-order valence-electron chi connectivity index (χ1n) is 9.15. The van der Waals surface area contributed by atoms with Gasteiger partial charge in [-0.1, -0.05) is 18.2 Å². The van der Waals surface area contributed by atoms with Crippen molar-refractivity contribution >= 4 is 56.5 Å². The molecule has 0 fully saturated rings. The number of aryl methyl sites for hydroxylation is 1. The van der Waals surface area contributed by atoms with Crippen LogP contribution >= 0.6 is 22.6 Å². The van der Waals surface area contributed by atoms with Gasteiger partial charge in [0.15, 0.2) is 1.41 Å². The molecule has 2 aromatic carbocycles. The summed E-state index contributed by atoms with van der Waals surface area (Å²) < 4.78 is 10.6. The molecule has 0 spiro atoms.